The van der Waals surface area contributed by atoms with Gasteiger partial charge in [-0.1, -0.05) is 27.2 Å². The molecule has 0 radical (unpaired) electrons. The van der Waals surface area contributed by atoms with E-state index in [1.807, 2.05) is 0 Å². The molecule has 0 fully saturated rings. The molecule has 13 heavy (non-hydrogen) atoms. The van der Waals surface area contributed by atoms with Crippen molar-refractivity contribution in [2.45, 2.75) is 40.2 Å². The largest absolute Gasteiger partial charge is 0.313 e. The average Bonchev–Trinajstić information content (AvgIpc) is 2.04. The Hall–Kier alpha value is -0.0800. The van der Waals surface area contributed by atoms with E-state index in [-0.39, 0.29) is 0 Å². The van der Waals surface area contributed by atoms with Gasteiger partial charge in [0.15, 0.2) is 0 Å². The molecule has 0 saturated carbocycles. The first-order valence-corrected chi connectivity index (χ1v) is 5.52. The van der Waals surface area contributed by atoms with E-state index < -0.39 is 0 Å². The summed E-state index contributed by atoms with van der Waals surface area (Å²) in [7, 11) is 2.21. The maximum Gasteiger partial charge on any atom is 0.0166 e. The molecule has 0 heterocycles. The SMILES string of the molecule is CCNC(C)CN(C)CC(C)CC. The molecule has 0 aromatic heterocycles. The van der Waals surface area contributed by atoms with E-state index in [1.165, 1.54) is 13.0 Å². The third kappa shape index (κ3) is 7.03. The molecule has 80 valence electrons. The summed E-state index contributed by atoms with van der Waals surface area (Å²) in [6, 6.07) is 0.610. The highest BCUT2D eigenvalue weighted by molar-refractivity contribution is 4.65. The van der Waals surface area contributed by atoms with Crippen molar-refractivity contribution < 1.29 is 0 Å². The molecule has 0 spiro atoms. The molecule has 0 bridgehead atoms. The van der Waals surface area contributed by atoms with E-state index >= 15 is 0 Å². The molecule has 2 unspecified atom stereocenters. The van der Waals surface area contributed by atoms with Gasteiger partial charge in [-0.3, -0.25) is 0 Å². The fraction of sp³-hybridized carbons (Fsp3) is 1.00. The van der Waals surface area contributed by atoms with Crippen LogP contribution >= 0.6 is 0 Å². The third-order valence-corrected chi connectivity index (χ3v) is 2.46. The van der Waals surface area contributed by atoms with Gasteiger partial charge in [0.05, 0.1) is 0 Å². The highest BCUT2D eigenvalue weighted by atomic mass is 15.1. The molecule has 0 amide bonds. The standard InChI is InChI=1S/C11H26N2/c1-6-10(3)8-13(5)9-11(4)12-7-2/h10-12H,6-9H2,1-5H3. The van der Waals surface area contributed by atoms with E-state index in [9.17, 15) is 0 Å². The minimum absolute atomic E-state index is 0.610. The van der Waals surface area contributed by atoms with Crippen LogP contribution < -0.4 is 5.32 Å². The predicted octanol–water partition coefficient (Wildman–Crippen LogP) is 1.96. The van der Waals surface area contributed by atoms with E-state index in [2.05, 4.69) is 45.0 Å². The lowest BCUT2D eigenvalue weighted by molar-refractivity contribution is 0.258. The maximum atomic E-state index is 3.43. The van der Waals surface area contributed by atoms with Crippen molar-refractivity contribution in [3.8, 4) is 0 Å². The summed E-state index contributed by atoms with van der Waals surface area (Å²) in [5, 5.41) is 3.43. The van der Waals surface area contributed by atoms with Crippen LogP contribution in [0, 0.1) is 5.92 Å². The van der Waals surface area contributed by atoms with Gasteiger partial charge in [-0.15, -0.1) is 0 Å². The van der Waals surface area contributed by atoms with Crippen LogP contribution in [0.4, 0.5) is 0 Å². The zero-order chi connectivity index (χ0) is 10.3. The number of nitrogens with one attached hydrogen (secondary N) is 1. The summed E-state index contributed by atoms with van der Waals surface area (Å²) in [5.74, 6) is 0.818. The van der Waals surface area contributed by atoms with Crippen molar-refractivity contribution in [1.29, 1.82) is 0 Å². The number of nitrogens with zero attached hydrogens (tertiary/aromatic N) is 1. The van der Waals surface area contributed by atoms with Crippen LogP contribution in [0.3, 0.4) is 0 Å². The molecule has 0 saturated heterocycles. The first-order chi connectivity index (χ1) is 6.10. The lowest BCUT2D eigenvalue weighted by Gasteiger charge is -2.24. The zero-order valence-electron chi connectivity index (χ0n) is 9.93. The lowest BCUT2D eigenvalue weighted by atomic mass is 10.1. The Bertz CT molecular complexity index is 115. The topological polar surface area (TPSA) is 15.3 Å². The molecule has 1 N–H and O–H groups in total. The van der Waals surface area contributed by atoms with Crippen LogP contribution in [0.15, 0.2) is 0 Å². The zero-order valence-corrected chi connectivity index (χ0v) is 9.93. The molecule has 0 rings (SSSR count). The van der Waals surface area contributed by atoms with Gasteiger partial charge in [-0.25, -0.2) is 0 Å². The molecular formula is C11H26N2. The first-order valence-electron chi connectivity index (χ1n) is 5.52. The second kappa shape index (κ2) is 7.34. The number of hydrogen-bond donors (Lipinski definition) is 1. The third-order valence-electron chi connectivity index (χ3n) is 2.46. The average molecular weight is 186 g/mol. The number of hydrogen-bond acceptors (Lipinski definition) is 2. The van der Waals surface area contributed by atoms with Gasteiger partial charge in [0.25, 0.3) is 0 Å². The Kier molecular flexibility index (Phi) is 7.29. The monoisotopic (exact) mass is 186 g/mol. The van der Waals surface area contributed by atoms with Gasteiger partial charge in [-0.05, 0) is 26.4 Å². The molecule has 2 heteroatoms. The van der Waals surface area contributed by atoms with E-state index in [0.29, 0.717) is 6.04 Å². The van der Waals surface area contributed by atoms with Gasteiger partial charge in [0.2, 0.25) is 0 Å². The predicted molar refractivity (Wildman–Crippen MR) is 60.1 cm³/mol. The van der Waals surface area contributed by atoms with Crippen molar-refractivity contribution in [1.82, 2.24) is 10.2 Å². The van der Waals surface area contributed by atoms with Crippen molar-refractivity contribution in [3.63, 3.8) is 0 Å². The van der Waals surface area contributed by atoms with Crippen LogP contribution in [-0.4, -0.2) is 37.6 Å². The summed E-state index contributed by atoms with van der Waals surface area (Å²) < 4.78 is 0. The summed E-state index contributed by atoms with van der Waals surface area (Å²) in [6.45, 7) is 12.4. The van der Waals surface area contributed by atoms with Gasteiger partial charge in [0.1, 0.15) is 0 Å². The quantitative estimate of drug-likeness (QED) is 0.654. The van der Waals surface area contributed by atoms with Crippen LogP contribution in [0.5, 0.6) is 0 Å². The fourth-order valence-corrected chi connectivity index (χ4v) is 1.62. The summed E-state index contributed by atoms with van der Waals surface area (Å²) >= 11 is 0. The Morgan fingerprint density at radius 3 is 2.23 bits per heavy atom. The van der Waals surface area contributed by atoms with Crippen molar-refractivity contribution in [3.05, 3.63) is 0 Å². The Labute approximate surface area is 83.7 Å². The number of rotatable bonds is 7. The summed E-state index contributed by atoms with van der Waals surface area (Å²) in [5.41, 5.74) is 0. The minimum Gasteiger partial charge on any atom is -0.313 e. The van der Waals surface area contributed by atoms with E-state index in [0.717, 1.165) is 19.0 Å². The summed E-state index contributed by atoms with van der Waals surface area (Å²) in [4.78, 5) is 2.42. The Morgan fingerprint density at radius 2 is 1.77 bits per heavy atom. The van der Waals surface area contributed by atoms with Gasteiger partial charge < -0.3 is 10.2 Å². The maximum absolute atomic E-state index is 3.43. The molecule has 2 nitrogen and oxygen atoms in total. The van der Waals surface area contributed by atoms with Crippen LogP contribution in [0.2, 0.25) is 0 Å². The van der Waals surface area contributed by atoms with Crippen LogP contribution in [0.1, 0.15) is 34.1 Å². The normalized spacial score (nSPS) is 16.2. The molecule has 0 aromatic carbocycles. The van der Waals surface area contributed by atoms with Crippen molar-refractivity contribution >= 4 is 0 Å². The smallest absolute Gasteiger partial charge is 0.0166 e. The molecular weight excluding hydrogens is 160 g/mol. The van der Waals surface area contributed by atoms with Crippen LogP contribution in [0.25, 0.3) is 0 Å². The Morgan fingerprint density at radius 1 is 1.15 bits per heavy atom. The first kappa shape index (κ1) is 12.9. The fourth-order valence-electron chi connectivity index (χ4n) is 1.62. The van der Waals surface area contributed by atoms with Gasteiger partial charge in [0, 0.05) is 19.1 Å². The molecule has 0 aromatic rings. The van der Waals surface area contributed by atoms with Crippen LogP contribution in [-0.2, 0) is 0 Å². The number of likely N-dealkylation sites (N-methyl/N-ethyl adjacent to an activating group) is 2. The summed E-state index contributed by atoms with van der Waals surface area (Å²) in [6.07, 6.45) is 1.28. The van der Waals surface area contributed by atoms with E-state index in [4.69, 9.17) is 0 Å². The van der Waals surface area contributed by atoms with Crippen molar-refractivity contribution in [2.75, 3.05) is 26.7 Å². The second-order valence-corrected chi connectivity index (χ2v) is 4.19. The molecule has 0 aliphatic rings. The molecule has 2 atom stereocenters. The highest BCUT2D eigenvalue weighted by Crippen LogP contribution is 2.02. The minimum atomic E-state index is 0.610. The second-order valence-electron chi connectivity index (χ2n) is 4.19. The Balaban J connectivity index is 3.54. The van der Waals surface area contributed by atoms with E-state index in [1.54, 1.807) is 0 Å². The highest BCUT2D eigenvalue weighted by Gasteiger charge is 2.07. The van der Waals surface area contributed by atoms with Gasteiger partial charge >= 0.3 is 0 Å². The molecule has 0 aliphatic carbocycles. The van der Waals surface area contributed by atoms with Gasteiger partial charge in [-0.2, -0.15) is 0 Å². The van der Waals surface area contributed by atoms with Crippen molar-refractivity contribution in [2.24, 2.45) is 5.92 Å². The lowest BCUT2D eigenvalue weighted by Crippen LogP contribution is -2.38. The molecule has 0 aliphatic heterocycles.